The average molecular weight is 559 g/mol. The van der Waals surface area contributed by atoms with Gasteiger partial charge >= 0.3 is 0 Å². The molecule has 1 aliphatic carbocycles. The molecule has 1 saturated heterocycles. The molecule has 1 saturated carbocycles. The minimum atomic E-state index is 0. The number of rotatable bonds is 9. The highest BCUT2D eigenvalue weighted by atomic mass is 127. The van der Waals surface area contributed by atoms with Gasteiger partial charge in [-0.25, -0.2) is 0 Å². The van der Waals surface area contributed by atoms with Crippen LogP contribution in [0.15, 0.2) is 23.2 Å². The van der Waals surface area contributed by atoms with Crippen molar-refractivity contribution in [1.29, 1.82) is 0 Å². The van der Waals surface area contributed by atoms with Crippen molar-refractivity contribution in [2.45, 2.75) is 76.8 Å². The lowest BCUT2D eigenvalue weighted by molar-refractivity contribution is 0.119. The molecule has 0 amide bonds. The Morgan fingerprint density at radius 2 is 1.84 bits per heavy atom. The van der Waals surface area contributed by atoms with E-state index in [4.69, 9.17) is 9.47 Å². The summed E-state index contributed by atoms with van der Waals surface area (Å²) in [5, 5.41) is 7.14. The van der Waals surface area contributed by atoms with E-state index in [-0.39, 0.29) is 24.0 Å². The van der Waals surface area contributed by atoms with Crippen LogP contribution in [0.5, 0.6) is 11.5 Å². The van der Waals surface area contributed by atoms with Gasteiger partial charge in [0.25, 0.3) is 0 Å². The van der Waals surface area contributed by atoms with Gasteiger partial charge in [0.2, 0.25) is 0 Å². The fourth-order valence-electron chi connectivity index (χ4n) is 4.89. The van der Waals surface area contributed by atoms with Crippen molar-refractivity contribution in [1.82, 2.24) is 15.5 Å². The van der Waals surface area contributed by atoms with Crippen LogP contribution in [0.2, 0.25) is 0 Å². The number of hydrogen-bond acceptors (Lipinski definition) is 4. The maximum Gasteiger partial charge on any atom is 0.191 e. The lowest BCUT2D eigenvalue weighted by Gasteiger charge is -2.39. The molecular weight excluding hydrogens is 515 g/mol. The molecule has 3 rings (SSSR count). The Balaban J connectivity index is 0.00000363. The SMILES string of the molecule is CCOc1cc(CCCNC(=NC)NC2CCN(C3CCCCC3)CC2)ccc1OC.I. The van der Waals surface area contributed by atoms with Crippen LogP contribution < -0.4 is 20.1 Å². The molecule has 1 aromatic carbocycles. The van der Waals surface area contributed by atoms with Crippen LogP contribution in [-0.2, 0) is 6.42 Å². The number of methoxy groups -OCH3 is 1. The number of piperidine rings is 1. The molecule has 1 heterocycles. The van der Waals surface area contributed by atoms with Crippen molar-refractivity contribution in [2.75, 3.05) is 40.4 Å². The number of nitrogens with zero attached hydrogens (tertiary/aromatic N) is 2. The number of halogens is 1. The zero-order valence-electron chi connectivity index (χ0n) is 20.2. The van der Waals surface area contributed by atoms with Crippen molar-refractivity contribution in [2.24, 2.45) is 4.99 Å². The molecule has 0 atom stereocenters. The predicted molar refractivity (Wildman–Crippen MR) is 144 cm³/mol. The van der Waals surface area contributed by atoms with Gasteiger partial charge in [-0.3, -0.25) is 4.99 Å². The maximum atomic E-state index is 5.69. The zero-order valence-corrected chi connectivity index (χ0v) is 22.5. The topological polar surface area (TPSA) is 58.1 Å². The monoisotopic (exact) mass is 558 g/mol. The van der Waals surface area contributed by atoms with Gasteiger partial charge in [-0.15, -0.1) is 24.0 Å². The summed E-state index contributed by atoms with van der Waals surface area (Å²) in [6, 6.07) is 7.58. The first-order valence-electron chi connectivity index (χ1n) is 12.2. The first-order valence-corrected chi connectivity index (χ1v) is 12.2. The van der Waals surface area contributed by atoms with E-state index in [1.807, 2.05) is 20.0 Å². The number of benzene rings is 1. The molecule has 0 radical (unpaired) electrons. The van der Waals surface area contributed by atoms with Crippen LogP contribution in [0.4, 0.5) is 0 Å². The third-order valence-corrected chi connectivity index (χ3v) is 6.65. The molecule has 0 bridgehead atoms. The van der Waals surface area contributed by atoms with E-state index in [9.17, 15) is 0 Å². The fraction of sp³-hybridized carbons (Fsp3) is 0.720. The first kappa shape index (κ1) is 27.0. The molecule has 0 spiro atoms. The van der Waals surface area contributed by atoms with E-state index >= 15 is 0 Å². The highest BCUT2D eigenvalue weighted by Crippen LogP contribution is 2.28. The van der Waals surface area contributed by atoms with Crippen molar-refractivity contribution < 1.29 is 9.47 Å². The lowest BCUT2D eigenvalue weighted by Crippen LogP contribution is -2.51. The van der Waals surface area contributed by atoms with Crippen molar-refractivity contribution in [3.05, 3.63) is 23.8 Å². The summed E-state index contributed by atoms with van der Waals surface area (Å²) in [5.74, 6) is 2.55. The Kier molecular flexibility index (Phi) is 12.5. The van der Waals surface area contributed by atoms with Crippen molar-refractivity contribution in [3.63, 3.8) is 0 Å². The number of likely N-dealkylation sites (tertiary alicyclic amines) is 1. The van der Waals surface area contributed by atoms with Crippen LogP contribution in [0.1, 0.15) is 63.9 Å². The first-order chi connectivity index (χ1) is 15.2. The molecule has 32 heavy (non-hydrogen) atoms. The van der Waals surface area contributed by atoms with Crippen LogP contribution >= 0.6 is 24.0 Å². The third kappa shape index (κ3) is 8.28. The minimum Gasteiger partial charge on any atom is -0.493 e. The van der Waals surface area contributed by atoms with Crippen LogP contribution in [0.3, 0.4) is 0 Å². The van der Waals surface area contributed by atoms with Gasteiger partial charge in [-0.2, -0.15) is 0 Å². The van der Waals surface area contributed by atoms with Crippen LogP contribution in [0.25, 0.3) is 0 Å². The molecule has 2 fully saturated rings. The van der Waals surface area contributed by atoms with Gasteiger partial charge in [0.05, 0.1) is 13.7 Å². The number of aliphatic imine (C=N–C) groups is 1. The molecule has 182 valence electrons. The summed E-state index contributed by atoms with van der Waals surface area (Å²) in [5.41, 5.74) is 1.27. The third-order valence-electron chi connectivity index (χ3n) is 6.65. The standard InChI is InChI=1S/C25H42N4O2.HI/c1-4-31-24-19-20(12-13-23(24)30-3)9-8-16-27-25(26-2)28-21-14-17-29(18-15-21)22-10-6-5-7-11-22;/h12-13,19,21-22H,4-11,14-18H2,1-3H3,(H2,26,27,28);1H. The fourth-order valence-corrected chi connectivity index (χ4v) is 4.89. The van der Waals surface area contributed by atoms with Crippen molar-refractivity contribution >= 4 is 29.9 Å². The van der Waals surface area contributed by atoms with Crippen LogP contribution in [0, 0.1) is 0 Å². The summed E-state index contributed by atoms with van der Waals surface area (Å²) in [4.78, 5) is 7.18. The van der Waals surface area contributed by atoms with E-state index in [0.29, 0.717) is 12.6 Å². The quantitative estimate of drug-likeness (QED) is 0.201. The summed E-state index contributed by atoms with van der Waals surface area (Å²) in [6.45, 7) is 5.98. The number of guanidine groups is 1. The maximum absolute atomic E-state index is 5.69. The Labute approximate surface area is 211 Å². The molecule has 2 aliphatic rings. The molecule has 7 heteroatoms. The Bertz CT molecular complexity index is 687. The lowest BCUT2D eigenvalue weighted by atomic mass is 9.92. The highest BCUT2D eigenvalue weighted by molar-refractivity contribution is 14.0. The van der Waals surface area contributed by atoms with Gasteiger partial charge in [0.15, 0.2) is 17.5 Å². The second kappa shape index (κ2) is 14.8. The largest absolute Gasteiger partial charge is 0.493 e. The molecule has 0 aromatic heterocycles. The minimum absolute atomic E-state index is 0. The second-order valence-electron chi connectivity index (χ2n) is 8.77. The van der Waals surface area contributed by atoms with E-state index in [1.54, 1.807) is 7.11 Å². The summed E-state index contributed by atoms with van der Waals surface area (Å²) in [6.07, 6.45) is 11.5. The van der Waals surface area contributed by atoms with E-state index < -0.39 is 0 Å². The van der Waals surface area contributed by atoms with E-state index in [1.165, 1.54) is 63.6 Å². The average Bonchev–Trinajstić information content (AvgIpc) is 2.82. The Morgan fingerprint density at radius 1 is 1.09 bits per heavy atom. The van der Waals surface area contributed by atoms with E-state index in [0.717, 1.165) is 42.9 Å². The highest BCUT2D eigenvalue weighted by Gasteiger charge is 2.26. The number of hydrogen-bond donors (Lipinski definition) is 2. The molecule has 6 nitrogen and oxygen atoms in total. The van der Waals surface area contributed by atoms with Crippen molar-refractivity contribution in [3.8, 4) is 11.5 Å². The summed E-state index contributed by atoms with van der Waals surface area (Å²) >= 11 is 0. The number of ether oxygens (including phenoxy) is 2. The van der Waals surface area contributed by atoms with Crippen LogP contribution in [-0.4, -0.2) is 63.3 Å². The summed E-state index contributed by atoms with van der Waals surface area (Å²) < 4.78 is 11.1. The van der Waals surface area contributed by atoms with Gasteiger partial charge < -0.3 is 25.0 Å². The molecule has 1 aromatic rings. The molecular formula is C25H43IN4O2. The van der Waals surface area contributed by atoms with Gasteiger partial charge in [-0.1, -0.05) is 25.3 Å². The summed E-state index contributed by atoms with van der Waals surface area (Å²) in [7, 11) is 3.55. The Morgan fingerprint density at radius 3 is 2.50 bits per heavy atom. The smallest absolute Gasteiger partial charge is 0.191 e. The zero-order chi connectivity index (χ0) is 21.9. The Hall–Kier alpha value is -1.22. The molecule has 0 unspecified atom stereocenters. The predicted octanol–water partition coefficient (Wildman–Crippen LogP) is 4.61. The van der Waals surface area contributed by atoms with Gasteiger partial charge in [0.1, 0.15) is 0 Å². The van der Waals surface area contributed by atoms with Gasteiger partial charge in [-0.05, 0) is 63.1 Å². The molecule has 2 N–H and O–H groups in total. The van der Waals surface area contributed by atoms with E-state index in [2.05, 4.69) is 32.7 Å². The second-order valence-corrected chi connectivity index (χ2v) is 8.77. The number of nitrogens with one attached hydrogen (secondary N) is 2. The number of aryl methyl sites for hydroxylation is 1. The normalized spacial score (nSPS) is 18.7. The van der Waals surface area contributed by atoms with Gasteiger partial charge in [0, 0.05) is 38.8 Å². The molecule has 1 aliphatic heterocycles.